The molecular formula is C9H10NO2P. The maximum absolute atomic E-state index is 11.5. The van der Waals surface area contributed by atoms with Crippen LogP contribution < -0.4 is 5.09 Å². The molecule has 1 aromatic rings. The van der Waals surface area contributed by atoms with E-state index in [9.17, 15) is 9.46 Å². The molecule has 0 aliphatic carbocycles. The molecule has 2 rings (SSSR count). The highest BCUT2D eigenvalue weighted by molar-refractivity contribution is 7.64. The van der Waals surface area contributed by atoms with Crippen LogP contribution in [0, 0.1) is 0 Å². The summed E-state index contributed by atoms with van der Waals surface area (Å²) in [6.45, 7) is 1.66. The fraction of sp³-hybridized carbons (Fsp3) is 0.111. The van der Waals surface area contributed by atoms with Crippen LogP contribution in [0.25, 0.3) is 6.08 Å². The van der Waals surface area contributed by atoms with Crippen molar-refractivity contribution in [2.24, 2.45) is 0 Å². The molecule has 1 aliphatic heterocycles. The third-order valence-electron chi connectivity index (χ3n) is 2.08. The lowest BCUT2D eigenvalue weighted by atomic mass is 10.2. The van der Waals surface area contributed by atoms with Gasteiger partial charge in [0.1, 0.15) is 0 Å². The van der Waals surface area contributed by atoms with Gasteiger partial charge in [-0.3, -0.25) is 4.57 Å². The second-order valence-electron chi connectivity index (χ2n) is 3.06. The van der Waals surface area contributed by atoms with Gasteiger partial charge in [-0.25, -0.2) is 0 Å². The summed E-state index contributed by atoms with van der Waals surface area (Å²) >= 11 is 0. The summed E-state index contributed by atoms with van der Waals surface area (Å²) in [7, 11) is -3.30. The lowest BCUT2D eigenvalue weighted by Gasteiger charge is -2.21. The van der Waals surface area contributed by atoms with Crippen molar-refractivity contribution in [1.82, 2.24) is 0 Å². The molecule has 0 saturated heterocycles. The number of hydrogen-bond acceptors (Lipinski definition) is 1. The number of nitrogens with one attached hydrogen (secondary N) is 1. The maximum Gasteiger partial charge on any atom is 0.317 e. The Morgan fingerprint density at radius 1 is 1.38 bits per heavy atom. The molecule has 1 aliphatic rings. The fourth-order valence-corrected chi connectivity index (χ4v) is 2.31. The summed E-state index contributed by atoms with van der Waals surface area (Å²) in [6.07, 6.45) is 1.74. The van der Waals surface area contributed by atoms with Crippen LogP contribution in [0.3, 0.4) is 0 Å². The SMILES string of the molecule is CC1=Cc2ccccc2NP1(=O)O. The standard InChI is InChI=1S/C9H10NO2P/c1-7-6-8-4-2-3-5-9(8)10-13(7,11)12/h2-6H,1H3,(H2,10,11,12). The number of benzene rings is 1. The lowest BCUT2D eigenvalue weighted by Crippen LogP contribution is -2.03. The van der Waals surface area contributed by atoms with Crippen LogP contribution in [0.5, 0.6) is 0 Å². The van der Waals surface area contributed by atoms with Gasteiger partial charge in [-0.1, -0.05) is 18.2 Å². The molecule has 0 bridgehead atoms. The topological polar surface area (TPSA) is 49.3 Å². The number of hydrogen-bond donors (Lipinski definition) is 2. The first kappa shape index (κ1) is 8.54. The zero-order valence-electron chi connectivity index (χ0n) is 7.19. The Kier molecular flexibility index (Phi) is 1.79. The highest BCUT2D eigenvalue weighted by Gasteiger charge is 2.25. The molecule has 1 atom stereocenters. The first-order valence-electron chi connectivity index (χ1n) is 3.98. The Hall–Kier alpha value is -1.05. The summed E-state index contributed by atoms with van der Waals surface area (Å²) in [5.74, 6) is 0. The minimum atomic E-state index is -3.30. The summed E-state index contributed by atoms with van der Waals surface area (Å²) in [5, 5.41) is 3.12. The predicted molar refractivity (Wildman–Crippen MR) is 53.5 cm³/mol. The zero-order valence-corrected chi connectivity index (χ0v) is 8.08. The van der Waals surface area contributed by atoms with Gasteiger partial charge in [0.25, 0.3) is 0 Å². The first-order chi connectivity index (χ1) is 6.09. The molecule has 4 heteroatoms. The van der Waals surface area contributed by atoms with Crippen LogP contribution in [0.4, 0.5) is 5.69 Å². The summed E-state index contributed by atoms with van der Waals surface area (Å²) in [6, 6.07) is 7.43. The third kappa shape index (κ3) is 1.41. The lowest BCUT2D eigenvalue weighted by molar-refractivity contribution is 0.491. The molecule has 0 radical (unpaired) electrons. The number of anilines is 1. The molecule has 13 heavy (non-hydrogen) atoms. The predicted octanol–water partition coefficient (Wildman–Crippen LogP) is 2.66. The van der Waals surface area contributed by atoms with E-state index < -0.39 is 7.52 Å². The Morgan fingerprint density at radius 2 is 2.08 bits per heavy atom. The molecule has 1 aromatic carbocycles. The molecule has 68 valence electrons. The normalized spacial score (nSPS) is 25.8. The van der Waals surface area contributed by atoms with E-state index in [1.165, 1.54) is 0 Å². The van der Waals surface area contributed by atoms with Crippen molar-refractivity contribution < 1.29 is 9.46 Å². The van der Waals surface area contributed by atoms with Crippen molar-refractivity contribution in [2.75, 3.05) is 5.09 Å². The van der Waals surface area contributed by atoms with Crippen LogP contribution in [-0.2, 0) is 4.57 Å². The molecular weight excluding hydrogens is 185 g/mol. The minimum absolute atomic E-state index is 0.492. The van der Waals surface area contributed by atoms with Crippen molar-refractivity contribution in [3.8, 4) is 0 Å². The Bertz CT molecular complexity index is 425. The molecule has 0 aromatic heterocycles. The van der Waals surface area contributed by atoms with Gasteiger partial charge in [0.05, 0.1) is 0 Å². The van der Waals surface area contributed by atoms with Crippen LogP contribution >= 0.6 is 7.52 Å². The summed E-state index contributed by atoms with van der Waals surface area (Å²) < 4.78 is 11.5. The number of allylic oxidation sites excluding steroid dienone is 1. The van der Waals surface area contributed by atoms with E-state index in [4.69, 9.17) is 0 Å². The van der Waals surface area contributed by atoms with E-state index in [1.807, 2.05) is 18.2 Å². The number of para-hydroxylation sites is 1. The van der Waals surface area contributed by atoms with E-state index in [2.05, 4.69) is 5.09 Å². The van der Waals surface area contributed by atoms with Crippen molar-refractivity contribution >= 4 is 19.3 Å². The molecule has 1 heterocycles. The molecule has 1 unspecified atom stereocenters. The van der Waals surface area contributed by atoms with Crippen molar-refractivity contribution in [2.45, 2.75) is 6.92 Å². The molecule has 0 spiro atoms. The van der Waals surface area contributed by atoms with Gasteiger partial charge in [0.2, 0.25) is 0 Å². The monoisotopic (exact) mass is 195 g/mol. The van der Waals surface area contributed by atoms with Gasteiger partial charge in [-0.05, 0) is 24.6 Å². The van der Waals surface area contributed by atoms with Crippen LogP contribution in [0.15, 0.2) is 29.6 Å². The van der Waals surface area contributed by atoms with Crippen molar-refractivity contribution in [1.29, 1.82) is 0 Å². The smallest absolute Gasteiger partial charge is 0.317 e. The summed E-state index contributed by atoms with van der Waals surface area (Å²) in [5.41, 5.74) is 1.68. The first-order valence-corrected chi connectivity index (χ1v) is 5.64. The van der Waals surface area contributed by atoms with E-state index >= 15 is 0 Å². The average molecular weight is 195 g/mol. The largest absolute Gasteiger partial charge is 0.326 e. The van der Waals surface area contributed by atoms with Gasteiger partial charge in [0, 0.05) is 11.0 Å². The number of fused-ring (bicyclic) bond motifs is 1. The Labute approximate surface area is 76.6 Å². The van der Waals surface area contributed by atoms with Crippen LogP contribution in [0.1, 0.15) is 12.5 Å². The summed E-state index contributed by atoms with van der Waals surface area (Å²) in [4.78, 5) is 9.47. The van der Waals surface area contributed by atoms with Crippen LogP contribution in [-0.4, -0.2) is 4.89 Å². The molecule has 0 saturated carbocycles. The highest BCUT2D eigenvalue weighted by Crippen LogP contribution is 2.53. The van der Waals surface area contributed by atoms with E-state index in [-0.39, 0.29) is 0 Å². The van der Waals surface area contributed by atoms with E-state index in [1.54, 1.807) is 19.1 Å². The zero-order chi connectivity index (χ0) is 9.47. The second kappa shape index (κ2) is 2.72. The quantitative estimate of drug-likeness (QED) is 0.625. The fourth-order valence-electron chi connectivity index (χ4n) is 1.29. The van der Waals surface area contributed by atoms with Crippen LogP contribution in [0.2, 0.25) is 0 Å². The molecule has 0 amide bonds. The van der Waals surface area contributed by atoms with Gasteiger partial charge in [0.15, 0.2) is 0 Å². The Morgan fingerprint density at radius 3 is 2.85 bits per heavy atom. The maximum atomic E-state index is 11.5. The molecule has 2 N–H and O–H groups in total. The van der Waals surface area contributed by atoms with Gasteiger partial charge in [-0.15, -0.1) is 0 Å². The highest BCUT2D eigenvalue weighted by atomic mass is 31.2. The van der Waals surface area contributed by atoms with Gasteiger partial charge >= 0.3 is 7.52 Å². The molecule has 0 fully saturated rings. The van der Waals surface area contributed by atoms with E-state index in [0.717, 1.165) is 11.3 Å². The van der Waals surface area contributed by atoms with Gasteiger partial charge in [-0.2, -0.15) is 0 Å². The number of rotatable bonds is 0. The minimum Gasteiger partial charge on any atom is -0.326 e. The molecule has 3 nitrogen and oxygen atoms in total. The van der Waals surface area contributed by atoms with Gasteiger partial charge < -0.3 is 9.98 Å². The van der Waals surface area contributed by atoms with E-state index in [0.29, 0.717) is 5.31 Å². The van der Waals surface area contributed by atoms with Crippen molar-refractivity contribution in [3.63, 3.8) is 0 Å². The third-order valence-corrected chi connectivity index (χ3v) is 3.70. The van der Waals surface area contributed by atoms with Crippen molar-refractivity contribution in [3.05, 3.63) is 35.1 Å². The average Bonchev–Trinajstić information content (AvgIpc) is 2.06. The Balaban J connectivity index is 2.60. The second-order valence-corrected chi connectivity index (χ2v) is 5.14.